The number of nitrogens with zero attached hydrogens (tertiary/aromatic N) is 2. The summed E-state index contributed by atoms with van der Waals surface area (Å²) in [5.74, 6) is 0.534. The van der Waals surface area contributed by atoms with Gasteiger partial charge in [0.2, 0.25) is 5.91 Å². The number of carbonyl (C=O) groups is 2. The predicted octanol–water partition coefficient (Wildman–Crippen LogP) is 4.93. The molecule has 8 nitrogen and oxygen atoms in total. The molecule has 0 unspecified atom stereocenters. The van der Waals surface area contributed by atoms with Crippen molar-refractivity contribution in [2.45, 2.75) is 39.0 Å². The van der Waals surface area contributed by atoms with Crippen molar-refractivity contribution in [3.8, 4) is 17.2 Å². The van der Waals surface area contributed by atoms with Crippen molar-refractivity contribution in [3.05, 3.63) is 83.9 Å². The van der Waals surface area contributed by atoms with Crippen LogP contribution in [0.1, 0.15) is 37.4 Å². The molecule has 0 saturated carbocycles. The van der Waals surface area contributed by atoms with E-state index in [1.54, 1.807) is 36.4 Å². The molecule has 0 radical (unpaired) electrons. The summed E-state index contributed by atoms with van der Waals surface area (Å²) in [5, 5.41) is 1.60. The Balaban J connectivity index is 1.38. The lowest BCUT2D eigenvalue weighted by Gasteiger charge is -2.25. The number of imide groups is 1. The van der Waals surface area contributed by atoms with Gasteiger partial charge in [-0.15, -0.1) is 0 Å². The number of rotatable bonds is 10. The van der Waals surface area contributed by atoms with E-state index in [-0.39, 0.29) is 11.8 Å². The lowest BCUT2D eigenvalue weighted by atomic mass is 9.91. The zero-order valence-electron chi connectivity index (χ0n) is 21.8. The molecular weight excluding hydrogens is 484 g/mol. The minimum atomic E-state index is -0.891. The molecule has 0 bridgehead atoms. The summed E-state index contributed by atoms with van der Waals surface area (Å²) in [4.78, 5) is 34.1. The normalized spacial score (nSPS) is 21.0. The highest BCUT2D eigenvalue weighted by molar-refractivity contribution is 6.23. The molecule has 0 spiro atoms. The second-order valence-electron chi connectivity index (χ2n) is 9.31. The van der Waals surface area contributed by atoms with Gasteiger partial charge >= 0.3 is 0 Å². The molecule has 2 fully saturated rings. The van der Waals surface area contributed by atoms with Crippen LogP contribution in [0, 0.1) is 5.92 Å². The van der Waals surface area contributed by atoms with E-state index in [1.165, 1.54) is 4.90 Å². The van der Waals surface area contributed by atoms with Crippen LogP contribution in [-0.4, -0.2) is 43.2 Å². The first-order valence-electron chi connectivity index (χ1n) is 13.0. The molecule has 198 valence electrons. The quantitative estimate of drug-likeness (QED) is 0.354. The van der Waals surface area contributed by atoms with E-state index in [4.69, 9.17) is 19.0 Å². The van der Waals surface area contributed by atoms with Crippen LogP contribution < -0.4 is 19.1 Å². The molecule has 2 amide bonds. The lowest BCUT2D eigenvalue weighted by Crippen LogP contribution is -2.36. The van der Waals surface area contributed by atoms with Crippen LogP contribution in [0.25, 0.3) is 0 Å². The molecule has 0 aliphatic carbocycles. The van der Waals surface area contributed by atoms with Crippen molar-refractivity contribution in [3.63, 3.8) is 0 Å². The largest absolute Gasteiger partial charge is 0.494 e. The zero-order chi connectivity index (χ0) is 26.6. The molecular formula is C30H32N2O6. The zero-order valence-corrected chi connectivity index (χ0v) is 21.8. The third-order valence-corrected chi connectivity index (χ3v) is 6.72. The summed E-state index contributed by atoms with van der Waals surface area (Å²) < 4.78 is 17.6. The molecule has 3 atom stereocenters. The van der Waals surface area contributed by atoms with E-state index in [1.807, 2.05) is 62.4 Å². The molecule has 5 rings (SSSR count). The minimum Gasteiger partial charge on any atom is -0.494 e. The highest BCUT2D eigenvalue weighted by atomic mass is 16.7. The van der Waals surface area contributed by atoms with E-state index in [0.717, 1.165) is 17.5 Å². The van der Waals surface area contributed by atoms with Gasteiger partial charge in [-0.05, 0) is 60.9 Å². The summed E-state index contributed by atoms with van der Waals surface area (Å²) in [6, 6.07) is 22.1. The van der Waals surface area contributed by atoms with Crippen molar-refractivity contribution in [1.29, 1.82) is 0 Å². The average Bonchev–Trinajstić information content (AvgIpc) is 3.40. The van der Waals surface area contributed by atoms with Crippen LogP contribution in [0.2, 0.25) is 0 Å². The third kappa shape index (κ3) is 4.97. The van der Waals surface area contributed by atoms with Crippen molar-refractivity contribution in [2.75, 3.05) is 25.2 Å². The molecule has 0 N–H and O–H groups in total. The van der Waals surface area contributed by atoms with Crippen molar-refractivity contribution in [1.82, 2.24) is 5.06 Å². The molecule has 38 heavy (non-hydrogen) atoms. The van der Waals surface area contributed by atoms with Crippen LogP contribution in [0.3, 0.4) is 0 Å². The van der Waals surface area contributed by atoms with Gasteiger partial charge in [-0.1, -0.05) is 43.3 Å². The number of carbonyl (C=O) groups excluding carboxylic acids is 2. The number of anilines is 1. The Morgan fingerprint density at radius 1 is 0.842 bits per heavy atom. The first kappa shape index (κ1) is 25.8. The van der Waals surface area contributed by atoms with Gasteiger partial charge in [0.05, 0.1) is 30.9 Å². The highest BCUT2D eigenvalue weighted by Gasteiger charge is 2.59. The fourth-order valence-electron chi connectivity index (χ4n) is 4.96. The topological polar surface area (TPSA) is 77.5 Å². The van der Waals surface area contributed by atoms with Gasteiger partial charge in [-0.25, -0.2) is 4.90 Å². The maximum atomic E-state index is 13.6. The van der Waals surface area contributed by atoms with Crippen molar-refractivity contribution >= 4 is 17.5 Å². The van der Waals surface area contributed by atoms with E-state index in [0.29, 0.717) is 42.8 Å². The van der Waals surface area contributed by atoms with Gasteiger partial charge in [0, 0.05) is 7.05 Å². The van der Waals surface area contributed by atoms with Gasteiger partial charge in [0.15, 0.2) is 17.6 Å². The Bertz CT molecular complexity index is 1280. The fourth-order valence-corrected chi connectivity index (χ4v) is 4.96. The second-order valence-corrected chi connectivity index (χ2v) is 9.31. The van der Waals surface area contributed by atoms with Crippen LogP contribution in [0.4, 0.5) is 5.69 Å². The number of hydrogen-bond acceptors (Lipinski definition) is 7. The molecule has 0 aromatic heterocycles. The number of benzene rings is 3. The summed E-state index contributed by atoms with van der Waals surface area (Å²) in [6.45, 7) is 5.40. The maximum absolute atomic E-state index is 13.6. The van der Waals surface area contributed by atoms with Crippen LogP contribution in [0.5, 0.6) is 17.2 Å². The average molecular weight is 517 g/mol. The summed E-state index contributed by atoms with van der Waals surface area (Å²) in [6.07, 6.45) is 0.00376. The van der Waals surface area contributed by atoms with Crippen LogP contribution in [0.15, 0.2) is 72.8 Å². The highest BCUT2D eigenvalue weighted by Crippen LogP contribution is 2.46. The number of amides is 2. The van der Waals surface area contributed by atoms with Crippen molar-refractivity contribution in [2.24, 2.45) is 5.92 Å². The van der Waals surface area contributed by atoms with Crippen molar-refractivity contribution < 1.29 is 28.6 Å². The van der Waals surface area contributed by atoms with Gasteiger partial charge in [0.1, 0.15) is 12.4 Å². The number of hydroxylamine groups is 2. The molecule has 3 aromatic carbocycles. The summed E-state index contributed by atoms with van der Waals surface area (Å²) in [5.41, 5.74) is 2.36. The molecule has 2 saturated heterocycles. The Kier molecular flexibility index (Phi) is 7.62. The third-order valence-electron chi connectivity index (χ3n) is 6.72. The van der Waals surface area contributed by atoms with Crippen LogP contribution in [-0.2, 0) is 21.0 Å². The smallest absolute Gasteiger partial charge is 0.265 e. The first-order chi connectivity index (χ1) is 18.5. The molecule has 2 heterocycles. The van der Waals surface area contributed by atoms with E-state index in [2.05, 4.69) is 0 Å². The number of ether oxygens (including phenoxy) is 3. The van der Waals surface area contributed by atoms with Crippen LogP contribution >= 0.6 is 0 Å². The van der Waals surface area contributed by atoms with Gasteiger partial charge in [0.25, 0.3) is 5.91 Å². The number of fused-ring (bicyclic) bond motifs is 1. The maximum Gasteiger partial charge on any atom is 0.265 e. The Hall–Kier alpha value is -3.88. The summed E-state index contributed by atoms with van der Waals surface area (Å²) in [7, 11) is 1.74. The van der Waals surface area contributed by atoms with E-state index >= 15 is 0 Å². The fraction of sp³-hybridized carbons (Fsp3) is 0.333. The van der Waals surface area contributed by atoms with Gasteiger partial charge in [-0.2, -0.15) is 5.06 Å². The van der Waals surface area contributed by atoms with Gasteiger partial charge in [-0.3, -0.25) is 14.4 Å². The Morgan fingerprint density at radius 3 is 2.32 bits per heavy atom. The standard InChI is InChI=1S/C30H32N2O6/c1-4-17-36-23-14-12-22(13-15-23)32-29(33)26-27(31(3)38-28(26)30(32)34)21-11-16-24(25(18-21)35-5-2)37-19-20-9-7-6-8-10-20/h6-16,18,26-28H,4-5,17,19H2,1-3H3/t26-,27-,28-/m1/s1. The van der Waals surface area contributed by atoms with E-state index in [9.17, 15) is 9.59 Å². The van der Waals surface area contributed by atoms with Gasteiger partial charge < -0.3 is 14.2 Å². The Morgan fingerprint density at radius 2 is 1.61 bits per heavy atom. The SMILES string of the molecule is CCCOc1ccc(N2C(=O)[C@@H]3[C@@H](c4ccc(OCc5ccccc5)c(OCC)c4)N(C)O[C@H]3C2=O)cc1. The molecule has 8 heteroatoms. The minimum absolute atomic E-state index is 0.293. The molecule has 2 aliphatic rings. The lowest BCUT2D eigenvalue weighted by molar-refractivity contribution is -0.160. The Labute approximate surface area is 222 Å². The first-order valence-corrected chi connectivity index (χ1v) is 13.0. The van der Waals surface area contributed by atoms with E-state index < -0.39 is 18.1 Å². The predicted molar refractivity (Wildman–Crippen MR) is 142 cm³/mol. The summed E-state index contributed by atoms with van der Waals surface area (Å²) >= 11 is 0. The second kappa shape index (κ2) is 11.2. The monoisotopic (exact) mass is 516 g/mol. The number of hydrogen-bond donors (Lipinski definition) is 0. The molecule has 2 aliphatic heterocycles. The molecule has 3 aromatic rings.